The number of hydrogen-bond donors (Lipinski definition) is 2. The molecule has 2 nitrogen and oxygen atoms in total. The molecule has 0 amide bonds. The normalized spacial score (nSPS) is 10.7. The van der Waals surface area contributed by atoms with Gasteiger partial charge in [-0.2, -0.15) is 0 Å². The molecule has 0 atom stereocenters. The first-order valence-corrected chi connectivity index (χ1v) is 8.52. The minimum absolute atomic E-state index is 0.988. The molecule has 2 rings (SSSR count). The summed E-state index contributed by atoms with van der Waals surface area (Å²) in [6.07, 6.45) is 1.10. The lowest BCUT2D eigenvalue weighted by molar-refractivity contribution is 0.904. The molecule has 0 aliphatic rings. The number of nitrogens with one attached hydrogen (secondary N) is 2. The first kappa shape index (κ1) is 17.4. The summed E-state index contributed by atoms with van der Waals surface area (Å²) in [6, 6.07) is 8.97. The molecule has 0 aliphatic heterocycles. The van der Waals surface area contributed by atoms with Gasteiger partial charge in [0, 0.05) is 24.5 Å². The van der Waals surface area contributed by atoms with Crippen LogP contribution in [0.3, 0.4) is 0 Å². The molecule has 23 heavy (non-hydrogen) atoms. The van der Waals surface area contributed by atoms with Gasteiger partial charge in [-0.05, 0) is 70.2 Å². The van der Waals surface area contributed by atoms with E-state index < -0.39 is 0 Å². The molecule has 124 valence electrons. The Balaban J connectivity index is 1.85. The van der Waals surface area contributed by atoms with Gasteiger partial charge in [0.05, 0.1) is 0 Å². The van der Waals surface area contributed by atoms with Gasteiger partial charge in [-0.25, -0.2) is 0 Å². The van der Waals surface area contributed by atoms with E-state index in [9.17, 15) is 0 Å². The van der Waals surface area contributed by atoms with Crippen molar-refractivity contribution in [3.05, 3.63) is 57.6 Å². The minimum atomic E-state index is 0.988. The molecule has 0 bridgehead atoms. The predicted octanol–water partition coefficient (Wildman–Crippen LogP) is 5.45. The van der Waals surface area contributed by atoms with Crippen molar-refractivity contribution >= 4 is 11.4 Å². The molecule has 0 saturated heterocycles. The summed E-state index contributed by atoms with van der Waals surface area (Å²) in [5, 5.41) is 7.19. The third-order valence-electron chi connectivity index (χ3n) is 4.31. The SMILES string of the molecule is Cc1cc(C)c(NCCCNc2c(C)cc(C)cc2C)c(C)c1. The topological polar surface area (TPSA) is 24.1 Å². The lowest BCUT2D eigenvalue weighted by Gasteiger charge is -2.16. The summed E-state index contributed by atoms with van der Waals surface area (Å²) < 4.78 is 0. The smallest absolute Gasteiger partial charge is 0.0399 e. The van der Waals surface area contributed by atoms with Crippen LogP contribution in [0.4, 0.5) is 11.4 Å². The van der Waals surface area contributed by atoms with Crippen molar-refractivity contribution in [1.29, 1.82) is 0 Å². The zero-order valence-corrected chi connectivity index (χ0v) is 15.4. The van der Waals surface area contributed by atoms with E-state index in [0.717, 1.165) is 19.5 Å². The predicted molar refractivity (Wildman–Crippen MR) is 103 cm³/mol. The Morgan fingerprint density at radius 3 is 1.17 bits per heavy atom. The van der Waals surface area contributed by atoms with E-state index in [2.05, 4.69) is 76.4 Å². The Kier molecular flexibility index (Phi) is 5.70. The molecule has 0 radical (unpaired) electrons. The molecule has 2 aromatic rings. The highest BCUT2D eigenvalue weighted by Gasteiger charge is 2.04. The average Bonchev–Trinajstić information content (AvgIpc) is 2.42. The van der Waals surface area contributed by atoms with Crippen LogP contribution in [-0.2, 0) is 0 Å². The Hall–Kier alpha value is -1.96. The highest BCUT2D eigenvalue weighted by molar-refractivity contribution is 5.59. The second-order valence-electron chi connectivity index (χ2n) is 6.75. The van der Waals surface area contributed by atoms with Crippen molar-refractivity contribution in [3.63, 3.8) is 0 Å². The molecular weight excluding hydrogens is 280 g/mol. The summed E-state index contributed by atoms with van der Waals surface area (Å²) in [5.74, 6) is 0. The molecule has 0 fully saturated rings. The number of hydrogen-bond acceptors (Lipinski definition) is 2. The van der Waals surface area contributed by atoms with Crippen LogP contribution in [0, 0.1) is 41.5 Å². The van der Waals surface area contributed by atoms with Crippen LogP contribution in [0.2, 0.25) is 0 Å². The highest BCUT2D eigenvalue weighted by atomic mass is 14.9. The molecule has 2 heteroatoms. The van der Waals surface area contributed by atoms with E-state index in [0.29, 0.717) is 0 Å². The van der Waals surface area contributed by atoms with Crippen LogP contribution < -0.4 is 10.6 Å². The molecule has 2 aromatic carbocycles. The van der Waals surface area contributed by atoms with Crippen molar-refractivity contribution in [2.75, 3.05) is 23.7 Å². The first-order chi connectivity index (χ1) is 10.9. The van der Waals surface area contributed by atoms with E-state index >= 15 is 0 Å². The number of rotatable bonds is 6. The van der Waals surface area contributed by atoms with Crippen LogP contribution in [0.15, 0.2) is 24.3 Å². The Morgan fingerprint density at radius 1 is 0.565 bits per heavy atom. The summed E-state index contributed by atoms with van der Waals surface area (Å²) in [6.45, 7) is 15.0. The zero-order valence-electron chi connectivity index (χ0n) is 15.4. The quantitative estimate of drug-likeness (QED) is 0.693. The highest BCUT2D eigenvalue weighted by Crippen LogP contribution is 2.23. The van der Waals surface area contributed by atoms with Crippen LogP contribution in [0.5, 0.6) is 0 Å². The molecule has 0 aliphatic carbocycles. The molecule has 2 N–H and O–H groups in total. The molecule has 0 unspecified atom stereocenters. The Morgan fingerprint density at radius 2 is 0.870 bits per heavy atom. The molecule has 0 aromatic heterocycles. The van der Waals surface area contributed by atoms with Crippen LogP contribution >= 0.6 is 0 Å². The average molecular weight is 310 g/mol. The largest absolute Gasteiger partial charge is 0.385 e. The maximum atomic E-state index is 3.59. The van der Waals surface area contributed by atoms with E-state index in [1.54, 1.807) is 0 Å². The van der Waals surface area contributed by atoms with Gasteiger partial charge in [0.2, 0.25) is 0 Å². The van der Waals surface area contributed by atoms with Crippen LogP contribution in [-0.4, -0.2) is 13.1 Å². The van der Waals surface area contributed by atoms with Crippen LogP contribution in [0.25, 0.3) is 0 Å². The lowest BCUT2D eigenvalue weighted by atomic mass is 10.0. The molecular formula is C21H30N2. The standard InChI is InChI=1S/C21H30N2/c1-14-10-16(3)20(17(4)11-14)22-8-7-9-23-21-18(5)12-15(2)13-19(21)6/h10-13,22-23H,7-9H2,1-6H3. The van der Waals surface area contributed by atoms with E-state index in [1.165, 1.54) is 44.8 Å². The van der Waals surface area contributed by atoms with Crippen molar-refractivity contribution in [2.45, 2.75) is 48.0 Å². The van der Waals surface area contributed by atoms with Crippen molar-refractivity contribution in [1.82, 2.24) is 0 Å². The van der Waals surface area contributed by atoms with Gasteiger partial charge < -0.3 is 10.6 Å². The van der Waals surface area contributed by atoms with Gasteiger partial charge in [0.1, 0.15) is 0 Å². The van der Waals surface area contributed by atoms with Crippen molar-refractivity contribution < 1.29 is 0 Å². The summed E-state index contributed by atoms with van der Waals surface area (Å²) in [7, 11) is 0. The van der Waals surface area contributed by atoms with Crippen LogP contribution in [0.1, 0.15) is 39.8 Å². The third-order valence-corrected chi connectivity index (χ3v) is 4.31. The molecule has 0 heterocycles. The zero-order chi connectivity index (χ0) is 17.0. The van der Waals surface area contributed by atoms with E-state index in [1.807, 2.05) is 0 Å². The first-order valence-electron chi connectivity index (χ1n) is 8.52. The Labute approximate surface area is 141 Å². The van der Waals surface area contributed by atoms with Crippen molar-refractivity contribution in [2.24, 2.45) is 0 Å². The summed E-state index contributed by atoms with van der Waals surface area (Å²) in [5.41, 5.74) is 10.6. The fourth-order valence-electron chi connectivity index (χ4n) is 3.43. The third kappa shape index (κ3) is 4.51. The Bertz CT molecular complexity index is 581. The van der Waals surface area contributed by atoms with Gasteiger partial charge in [0.15, 0.2) is 0 Å². The maximum absolute atomic E-state index is 3.59. The van der Waals surface area contributed by atoms with E-state index in [4.69, 9.17) is 0 Å². The maximum Gasteiger partial charge on any atom is 0.0399 e. The van der Waals surface area contributed by atoms with Crippen molar-refractivity contribution in [3.8, 4) is 0 Å². The number of anilines is 2. The summed E-state index contributed by atoms with van der Waals surface area (Å²) >= 11 is 0. The number of benzene rings is 2. The fraction of sp³-hybridized carbons (Fsp3) is 0.429. The van der Waals surface area contributed by atoms with Gasteiger partial charge in [-0.15, -0.1) is 0 Å². The van der Waals surface area contributed by atoms with E-state index in [-0.39, 0.29) is 0 Å². The second-order valence-corrected chi connectivity index (χ2v) is 6.75. The second kappa shape index (κ2) is 7.54. The van der Waals surface area contributed by atoms with Gasteiger partial charge in [-0.1, -0.05) is 35.4 Å². The lowest BCUT2D eigenvalue weighted by Crippen LogP contribution is -2.12. The minimum Gasteiger partial charge on any atom is -0.385 e. The number of aryl methyl sites for hydroxylation is 6. The molecule has 0 saturated carbocycles. The molecule has 0 spiro atoms. The monoisotopic (exact) mass is 310 g/mol. The summed E-state index contributed by atoms with van der Waals surface area (Å²) in [4.78, 5) is 0. The fourth-order valence-corrected chi connectivity index (χ4v) is 3.43. The van der Waals surface area contributed by atoms with Gasteiger partial charge in [-0.3, -0.25) is 0 Å². The van der Waals surface area contributed by atoms with Gasteiger partial charge in [0.25, 0.3) is 0 Å². The van der Waals surface area contributed by atoms with Gasteiger partial charge >= 0.3 is 0 Å².